The Bertz CT molecular complexity index is 295. The van der Waals surface area contributed by atoms with E-state index >= 15 is 0 Å². The summed E-state index contributed by atoms with van der Waals surface area (Å²) in [7, 11) is 0. The fraction of sp³-hybridized carbons (Fsp3) is 0.700. The van der Waals surface area contributed by atoms with Crippen molar-refractivity contribution in [1.29, 1.82) is 0 Å². The molecule has 0 bridgehead atoms. The SMILES string of the molecule is CC(N)CNC1CCc2ncsc2C1. The molecule has 0 saturated carbocycles. The summed E-state index contributed by atoms with van der Waals surface area (Å²) in [6.45, 7) is 2.95. The van der Waals surface area contributed by atoms with Crippen LogP contribution in [0.15, 0.2) is 5.51 Å². The maximum Gasteiger partial charge on any atom is 0.0797 e. The second kappa shape index (κ2) is 4.38. The van der Waals surface area contributed by atoms with Crippen LogP contribution >= 0.6 is 11.3 Å². The van der Waals surface area contributed by atoms with E-state index in [9.17, 15) is 0 Å². The second-order valence-corrected chi connectivity index (χ2v) is 4.99. The second-order valence-electron chi connectivity index (χ2n) is 4.05. The minimum absolute atomic E-state index is 0.248. The van der Waals surface area contributed by atoms with Crippen molar-refractivity contribution in [2.75, 3.05) is 6.54 Å². The van der Waals surface area contributed by atoms with E-state index in [0.717, 1.165) is 19.4 Å². The van der Waals surface area contributed by atoms with Crippen LogP contribution in [0.4, 0.5) is 0 Å². The highest BCUT2D eigenvalue weighted by molar-refractivity contribution is 7.09. The van der Waals surface area contributed by atoms with Crippen molar-refractivity contribution in [2.45, 2.75) is 38.3 Å². The molecule has 1 aliphatic rings. The molecule has 1 aromatic rings. The van der Waals surface area contributed by atoms with Gasteiger partial charge < -0.3 is 11.1 Å². The zero-order valence-corrected chi connectivity index (χ0v) is 9.31. The van der Waals surface area contributed by atoms with Gasteiger partial charge in [0.25, 0.3) is 0 Å². The third-order valence-corrected chi connectivity index (χ3v) is 3.51. The molecule has 2 atom stereocenters. The lowest BCUT2D eigenvalue weighted by Crippen LogP contribution is -2.40. The molecule has 0 spiro atoms. The Balaban J connectivity index is 1.88. The first-order chi connectivity index (χ1) is 6.75. The molecular formula is C10H17N3S. The Labute approximate surface area is 88.7 Å². The molecule has 1 aromatic heterocycles. The van der Waals surface area contributed by atoms with Gasteiger partial charge >= 0.3 is 0 Å². The smallest absolute Gasteiger partial charge is 0.0797 e. The van der Waals surface area contributed by atoms with E-state index in [-0.39, 0.29) is 6.04 Å². The van der Waals surface area contributed by atoms with E-state index in [1.165, 1.54) is 17.0 Å². The van der Waals surface area contributed by atoms with Crippen molar-refractivity contribution in [3.63, 3.8) is 0 Å². The molecule has 0 saturated heterocycles. The van der Waals surface area contributed by atoms with Gasteiger partial charge in [-0.15, -0.1) is 11.3 Å². The van der Waals surface area contributed by atoms with E-state index < -0.39 is 0 Å². The Kier molecular flexibility index (Phi) is 3.15. The van der Waals surface area contributed by atoms with E-state index in [2.05, 4.69) is 10.3 Å². The first-order valence-electron chi connectivity index (χ1n) is 5.16. The predicted molar refractivity (Wildman–Crippen MR) is 59.6 cm³/mol. The molecule has 14 heavy (non-hydrogen) atoms. The summed E-state index contributed by atoms with van der Waals surface area (Å²) in [5, 5.41) is 3.51. The van der Waals surface area contributed by atoms with Crippen LogP contribution in [0, 0.1) is 0 Å². The van der Waals surface area contributed by atoms with Crippen molar-refractivity contribution >= 4 is 11.3 Å². The number of aromatic nitrogens is 1. The summed E-state index contributed by atoms with van der Waals surface area (Å²) in [6, 6.07) is 0.854. The molecule has 0 radical (unpaired) electrons. The summed E-state index contributed by atoms with van der Waals surface area (Å²) in [6.07, 6.45) is 3.45. The van der Waals surface area contributed by atoms with Crippen molar-refractivity contribution < 1.29 is 0 Å². The number of nitrogens with one attached hydrogen (secondary N) is 1. The van der Waals surface area contributed by atoms with Gasteiger partial charge in [-0.05, 0) is 26.2 Å². The fourth-order valence-corrected chi connectivity index (χ4v) is 2.72. The molecule has 2 rings (SSSR count). The van der Waals surface area contributed by atoms with Gasteiger partial charge in [0.1, 0.15) is 0 Å². The van der Waals surface area contributed by atoms with E-state index in [0.29, 0.717) is 6.04 Å². The van der Waals surface area contributed by atoms with Gasteiger partial charge in [-0.3, -0.25) is 0 Å². The van der Waals surface area contributed by atoms with Crippen LogP contribution in [0.3, 0.4) is 0 Å². The molecule has 0 amide bonds. The molecule has 3 N–H and O–H groups in total. The van der Waals surface area contributed by atoms with Gasteiger partial charge in [0.05, 0.1) is 11.2 Å². The highest BCUT2D eigenvalue weighted by Gasteiger charge is 2.20. The van der Waals surface area contributed by atoms with Crippen LogP contribution in [-0.4, -0.2) is 23.6 Å². The number of nitrogens with zero attached hydrogens (tertiary/aromatic N) is 1. The summed E-state index contributed by atoms with van der Waals surface area (Å²) < 4.78 is 0. The van der Waals surface area contributed by atoms with Crippen molar-refractivity contribution in [3.05, 3.63) is 16.1 Å². The summed E-state index contributed by atoms with van der Waals surface area (Å²) in [5.74, 6) is 0. The lowest BCUT2D eigenvalue weighted by atomic mass is 9.97. The molecule has 0 aromatic carbocycles. The van der Waals surface area contributed by atoms with Crippen LogP contribution < -0.4 is 11.1 Å². The average molecular weight is 211 g/mol. The number of hydrogen-bond acceptors (Lipinski definition) is 4. The number of nitrogens with two attached hydrogens (primary N) is 1. The number of thiazole rings is 1. The highest BCUT2D eigenvalue weighted by Crippen LogP contribution is 2.23. The molecular weight excluding hydrogens is 194 g/mol. The van der Waals surface area contributed by atoms with Gasteiger partial charge in [-0.25, -0.2) is 4.98 Å². The summed E-state index contributed by atoms with van der Waals surface area (Å²) in [5.41, 5.74) is 8.98. The van der Waals surface area contributed by atoms with Crippen LogP contribution in [-0.2, 0) is 12.8 Å². The highest BCUT2D eigenvalue weighted by atomic mass is 32.1. The summed E-state index contributed by atoms with van der Waals surface area (Å²) >= 11 is 1.78. The van der Waals surface area contributed by atoms with E-state index in [1.54, 1.807) is 11.3 Å². The summed E-state index contributed by atoms with van der Waals surface area (Å²) in [4.78, 5) is 5.81. The molecule has 3 nitrogen and oxygen atoms in total. The molecule has 1 aliphatic carbocycles. The van der Waals surface area contributed by atoms with Crippen LogP contribution in [0.2, 0.25) is 0 Å². The minimum Gasteiger partial charge on any atom is -0.327 e. The van der Waals surface area contributed by atoms with Crippen molar-refractivity contribution in [1.82, 2.24) is 10.3 Å². The molecule has 1 heterocycles. The molecule has 78 valence electrons. The Morgan fingerprint density at radius 2 is 2.64 bits per heavy atom. The van der Waals surface area contributed by atoms with Gasteiger partial charge in [-0.2, -0.15) is 0 Å². The zero-order valence-electron chi connectivity index (χ0n) is 8.49. The first-order valence-corrected chi connectivity index (χ1v) is 6.04. The zero-order chi connectivity index (χ0) is 9.97. The van der Waals surface area contributed by atoms with Crippen LogP contribution in [0.1, 0.15) is 23.9 Å². The number of fused-ring (bicyclic) bond motifs is 1. The molecule has 0 aliphatic heterocycles. The topological polar surface area (TPSA) is 50.9 Å². The Morgan fingerprint density at radius 1 is 1.79 bits per heavy atom. The lowest BCUT2D eigenvalue weighted by molar-refractivity contribution is 0.445. The van der Waals surface area contributed by atoms with E-state index in [1.807, 2.05) is 12.4 Å². The molecule has 4 heteroatoms. The maximum atomic E-state index is 5.71. The van der Waals surface area contributed by atoms with Gasteiger partial charge in [0.2, 0.25) is 0 Å². The monoisotopic (exact) mass is 211 g/mol. The van der Waals surface area contributed by atoms with E-state index in [4.69, 9.17) is 5.73 Å². The fourth-order valence-electron chi connectivity index (χ4n) is 1.83. The number of hydrogen-bond donors (Lipinski definition) is 2. The lowest BCUT2D eigenvalue weighted by Gasteiger charge is -2.23. The quantitative estimate of drug-likeness (QED) is 0.782. The van der Waals surface area contributed by atoms with Gasteiger partial charge in [0, 0.05) is 23.5 Å². The van der Waals surface area contributed by atoms with Crippen molar-refractivity contribution in [2.24, 2.45) is 5.73 Å². The molecule has 2 unspecified atom stereocenters. The predicted octanol–water partition coefficient (Wildman–Crippen LogP) is 0.937. The van der Waals surface area contributed by atoms with Gasteiger partial charge in [-0.1, -0.05) is 0 Å². The minimum atomic E-state index is 0.248. The Morgan fingerprint density at radius 3 is 3.43 bits per heavy atom. The van der Waals surface area contributed by atoms with Crippen LogP contribution in [0.5, 0.6) is 0 Å². The maximum absolute atomic E-state index is 5.71. The average Bonchev–Trinajstić information content (AvgIpc) is 2.61. The largest absolute Gasteiger partial charge is 0.327 e. The third-order valence-electron chi connectivity index (χ3n) is 2.62. The normalized spacial score (nSPS) is 23.1. The Hall–Kier alpha value is -0.450. The standard InChI is InChI=1S/C10H17N3S/c1-7(11)5-12-8-2-3-9-10(4-8)14-6-13-9/h6-8,12H,2-5,11H2,1H3. The first kappa shape index (κ1) is 10.1. The number of aryl methyl sites for hydroxylation is 1. The van der Waals surface area contributed by atoms with Gasteiger partial charge in [0.15, 0.2) is 0 Å². The number of rotatable bonds is 3. The van der Waals surface area contributed by atoms with Crippen molar-refractivity contribution in [3.8, 4) is 0 Å². The molecule has 0 fully saturated rings. The third kappa shape index (κ3) is 2.32. The van der Waals surface area contributed by atoms with Crippen LogP contribution in [0.25, 0.3) is 0 Å².